The van der Waals surface area contributed by atoms with Gasteiger partial charge in [-0.15, -0.1) is 0 Å². The minimum Gasteiger partial charge on any atom is -0.313 e. The van der Waals surface area contributed by atoms with Crippen molar-refractivity contribution >= 4 is 10.8 Å². The van der Waals surface area contributed by atoms with Crippen molar-refractivity contribution in [2.75, 3.05) is 7.05 Å². The van der Waals surface area contributed by atoms with Crippen LogP contribution in [0.4, 0.5) is 0 Å². The number of nitrogens with one attached hydrogen (secondary N) is 1. The number of aryl methyl sites for hydroxylation is 1. The predicted octanol–water partition coefficient (Wildman–Crippen LogP) is 4.05. The summed E-state index contributed by atoms with van der Waals surface area (Å²) in [5.74, 6) is 0. The monoisotopic (exact) mass is 276 g/mol. The van der Waals surface area contributed by atoms with Gasteiger partial charge < -0.3 is 5.32 Å². The maximum absolute atomic E-state index is 4.21. The molecule has 3 rings (SSSR count). The van der Waals surface area contributed by atoms with E-state index in [1.54, 1.807) is 0 Å². The predicted molar refractivity (Wildman–Crippen MR) is 88.4 cm³/mol. The number of likely N-dealkylation sites (N-methyl/N-ethyl adjacent to an activating group) is 1. The first-order chi connectivity index (χ1) is 10.3. The average molecular weight is 276 g/mol. The van der Waals surface area contributed by atoms with Crippen molar-refractivity contribution < 1.29 is 0 Å². The molecule has 0 saturated carbocycles. The van der Waals surface area contributed by atoms with Crippen LogP contribution in [0.5, 0.6) is 0 Å². The van der Waals surface area contributed by atoms with Crippen molar-refractivity contribution in [2.24, 2.45) is 0 Å². The Labute approximate surface area is 125 Å². The van der Waals surface area contributed by atoms with Crippen molar-refractivity contribution in [3.63, 3.8) is 0 Å². The highest BCUT2D eigenvalue weighted by Crippen LogP contribution is 2.26. The van der Waals surface area contributed by atoms with E-state index in [2.05, 4.69) is 65.8 Å². The molecule has 1 aromatic heterocycles. The molecule has 21 heavy (non-hydrogen) atoms. The summed E-state index contributed by atoms with van der Waals surface area (Å²) in [6.45, 7) is 2.14. The standard InChI is InChI=1S/C19H20N2/c1-14-5-3-6-15(11-14)12-19(20-2)18-8-4-7-16-13-21-10-9-17(16)18/h3-11,13,19-20H,12H2,1-2H3. The van der Waals surface area contributed by atoms with Crippen LogP contribution in [-0.4, -0.2) is 12.0 Å². The molecule has 1 N–H and O–H groups in total. The smallest absolute Gasteiger partial charge is 0.0364 e. The van der Waals surface area contributed by atoms with Crippen molar-refractivity contribution in [2.45, 2.75) is 19.4 Å². The van der Waals surface area contributed by atoms with E-state index in [1.807, 2.05) is 19.4 Å². The Bertz CT molecular complexity index is 744. The van der Waals surface area contributed by atoms with Gasteiger partial charge in [0.05, 0.1) is 0 Å². The van der Waals surface area contributed by atoms with Gasteiger partial charge in [-0.1, -0.05) is 48.0 Å². The summed E-state index contributed by atoms with van der Waals surface area (Å²) in [5, 5.41) is 5.93. The van der Waals surface area contributed by atoms with Gasteiger partial charge in [0.25, 0.3) is 0 Å². The molecule has 1 unspecified atom stereocenters. The third kappa shape index (κ3) is 2.96. The van der Waals surface area contributed by atoms with E-state index in [-0.39, 0.29) is 0 Å². The van der Waals surface area contributed by atoms with E-state index in [0.29, 0.717) is 6.04 Å². The Kier molecular flexibility index (Phi) is 3.98. The molecule has 0 amide bonds. The fourth-order valence-electron chi connectivity index (χ4n) is 2.89. The summed E-state index contributed by atoms with van der Waals surface area (Å²) in [5.41, 5.74) is 4.00. The number of nitrogens with zero attached hydrogens (tertiary/aromatic N) is 1. The molecule has 0 spiro atoms. The van der Waals surface area contributed by atoms with Gasteiger partial charge in [0.1, 0.15) is 0 Å². The van der Waals surface area contributed by atoms with Crippen LogP contribution < -0.4 is 5.32 Å². The molecule has 0 radical (unpaired) electrons. The Morgan fingerprint density at radius 3 is 2.76 bits per heavy atom. The van der Waals surface area contributed by atoms with Crippen LogP contribution in [0.3, 0.4) is 0 Å². The van der Waals surface area contributed by atoms with Gasteiger partial charge in [-0.25, -0.2) is 0 Å². The summed E-state index contributed by atoms with van der Waals surface area (Å²) in [4.78, 5) is 4.21. The number of rotatable bonds is 4. The van der Waals surface area contributed by atoms with Gasteiger partial charge in [-0.2, -0.15) is 0 Å². The molecule has 0 saturated heterocycles. The van der Waals surface area contributed by atoms with Gasteiger partial charge in [-0.3, -0.25) is 4.98 Å². The maximum Gasteiger partial charge on any atom is 0.0364 e. The molecule has 0 bridgehead atoms. The molecule has 3 aromatic rings. The van der Waals surface area contributed by atoms with Crippen LogP contribution in [0.15, 0.2) is 60.9 Å². The third-order valence-electron chi connectivity index (χ3n) is 3.96. The average Bonchev–Trinajstić information content (AvgIpc) is 2.52. The lowest BCUT2D eigenvalue weighted by Gasteiger charge is -2.19. The lowest BCUT2D eigenvalue weighted by molar-refractivity contribution is 0.596. The highest BCUT2D eigenvalue weighted by molar-refractivity contribution is 5.85. The minimum absolute atomic E-state index is 0.304. The third-order valence-corrected chi connectivity index (χ3v) is 3.96. The number of aromatic nitrogens is 1. The molecule has 1 atom stereocenters. The fraction of sp³-hybridized carbons (Fsp3) is 0.211. The largest absolute Gasteiger partial charge is 0.313 e. The van der Waals surface area contributed by atoms with Crippen LogP contribution in [0, 0.1) is 6.92 Å². The Morgan fingerprint density at radius 1 is 1.10 bits per heavy atom. The van der Waals surface area contributed by atoms with E-state index in [0.717, 1.165) is 6.42 Å². The molecule has 2 heteroatoms. The number of benzene rings is 2. The summed E-state index contributed by atoms with van der Waals surface area (Å²) in [7, 11) is 2.03. The number of fused-ring (bicyclic) bond motifs is 1. The second-order valence-electron chi connectivity index (χ2n) is 5.48. The van der Waals surface area contributed by atoms with Gasteiger partial charge >= 0.3 is 0 Å². The summed E-state index contributed by atoms with van der Waals surface area (Å²) in [6.07, 6.45) is 4.78. The molecule has 106 valence electrons. The number of hydrogen-bond donors (Lipinski definition) is 1. The zero-order valence-electron chi connectivity index (χ0n) is 12.5. The van der Waals surface area contributed by atoms with Gasteiger partial charge in [0.2, 0.25) is 0 Å². The first-order valence-electron chi connectivity index (χ1n) is 7.33. The molecule has 0 aliphatic heterocycles. The Hall–Kier alpha value is -2.19. The maximum atomic E-state index is 4.21. The molecule has 1 heterocycles. The number of hydrogen-bond acceptors (Lipinski definition) is 2. The molecule has 2 aromatic carbocycles. The molecular weight excluding hydrogens is 256 g/mol. The molecule has 2 nitrogen and oxygen atoms in total. The zero-order valence-corrected chi connectivity index (χ0v) is 12.5. The minimum atomic E-state index is 0.304. The second kappa shape index (κ2) is 6.06. The quantitative estimate of drug-likeness (QED) is 0.777. The van der Waals surface area contributed by atoms with Crippen LogP contribution in [0.1, 0.15) is 22.7 Å². The highest BCUT2D eigenvalue weighted by atomic mass is 14.9. The summed E-state index contributed by atoms with van der Waals surface area (Å²) < 4.78 is 0. The second-order valence-corrected chi connectivity index (χ2v) is 5.48. The van der Waals surface area contributed by atoms with E-state index >= 15 is 0 Å². The lowest BCUT2D eigenvalue weighted by atomic mass is 9.94. The lowest BCUT2D eigenvalue weighted by Crippen LogP contribution is -2.19. The molecule has 0 fully saturated rings. The van der Waals surface area contributed by atoms with Crippen molar-refractivity contribution in [3.05, 3.63) is 77.6 Å². The van der Waals surface area contributed by atoms with Crippen LogP contribution in [0.2, 0.25) is 0 Å². The van der Waals surface area contributed by atoms with Crippen LogP contribution >= 0.6 is 0 Å². The normalized spacial score (nSPS) is 12.5. The van der Waals surface area contributed by atoms with E-state index in [4.69, 9.17) is 0 Å². The van der Waals surface area contributed by atoms with E-state index < -0.39 is 0 Å². The zero-order chi connectivity index (χ0) is 14.7. The SMILES string of the molecule is CNC(Cc1cccc(C)c1)c1cccc2cnccc12. The summed E-state index contributed by atoms with van der Waals surface area (Å²) >= 11 is 0. The van der Waals surface area contributed by atoms with Gasteiger partial charge in [-0.05, 0) is 43.0 Å². The van der Waals surface area contributed by atoms with Gasteiger partial charge in [0, 0.05) is 23.8 Å². The first kappa shape index (κ1) is 13.8. The first-order valence-corrected chi connectivity index (χ1v) is 7.33. The topological polar surface area (TPSA) is 24.9 Å². The fourth-order valence-corrected chi connectivity index (χ4v) is 2.89. The number of pyridine rings is 1. The van der Waals surface area contributed by atoms with Crippen molar-refractivity contribution in [1.82, 2.24) is 10.3 Å². The van der Waals surface area contributed by atoms with Gasteiger partial charge in [0.15, 0.2) is 0 Å². The summed E-state index contributed by atoms with van der Waals surface area (Å²) in [6, 6.07) is 17.6. The Morgan fingerprint density at radius 2 is 1.95 bits per heavy atom. The molecular formula is C19H20N2. The molecule has 0 aliphatic rings. The van der Waals surface area contributed by atoms with Crippen molar-refractivity contribution in [1.29, 1.82) is 0 Å². The Balaban J connectivity index is 1.98. The van der Waals surface area contributed by atoms with Crippen LogP contribution in [-0.2, 0) is 6.42 Å². The molecule has 0 aliphatic carbocycles. The van der Waals surface area contributed by atoms with Crippen molar-refractivity contribution in [3.8, 4) is 0 Å². The van der Waals surface area contributed by atoms with E-state index in [1.165, 1.54) is 27.5 Å². The van der Waals surface area contributed by atoms with Crippen LogP contribution in [0.25, 0.3) is 10.8 Å². The van der Waals surface area contributed by atoms with E-state index in [9.17, 15) is 0 Å². The highest BCUT2D eigenvalue weighted by Gasteiger charge is 2.13.